The molecule has 1 saturated carbocycles. The number of aliphatic hydroxyl groups excluding tert-OH is 1. The van der Waals surface area contributed by atoms with E-state index < -0.39 is 23.8 Å². The summed E-state index contributed by atoms with van der Waals surface area (Å²) < 4.78 is 12.8. The van der Waals surface area contributed by atoms with Crippen LogP contribution < -0.4 is 0 Å². The number of fused-ring (bicyclic) bond motifs is 2. The number of ether oxygens (including phenoxy) is 2. The Kier molecular flexibility index (Phi) is 4.30. The van der Waals surface area contributed by atoms with Gasteiger partial charge in [-0.2, -0.15) is 0 Å². The van der Waals surface area contributed by atoms with Crippen molar-refractivity contribution in [1.82, 2.24) is 0 Å². The Balaban J connectivity index is 1.42. The van der Waals surface area contributed by atoms with Crippen LogP contribution in [-0.4, -0.2) is 40.8 Å². The third-order valence-electron chi connectivity index (χ3n) is 7.71. The third kappa shape index (κ3) is 2.68. The largest absolute Gasteiger partial charge is 0.388 e. The van der Waals surface area contributed by atoms with Crippen molar-refractivity contribution < 1.29 is 29.1 Å². The van der Waals surface area contributed by atoms with Crippen molar-refractivity contribution in [1.29, 1.82) is 0 Å². The van der Waals surface area contributed by atoms with Crippen molar-refractivity contribution in [3.8, 4) is 0 Å². The molecule has 0 aromatic rings. The van der Waals surface area contributed by atoms with Gasteiger partial charge < -0.3 is 14.6 Å². The number of allylic oxidation sites excluding steroid dienone is 1. The minimum atomic E-state index is -0.772. The fraction of sp³-hybridized carbons (Fsp3) is 0.857. The van der Waals surface area contributed by atoms with Gasteiger partial charge in [-0.05, 0) is 44.4 Å². The Morgan fingerprint density at radius 1 is 1.30 bits per heavy atom. The van der Waals surface area contributed by atoms with Crippen LogP contribution >= 0.6 is 0 Å². The van der Waals surface area contributed by atoms with Crippen LogP contribution in [0.15, 0.2) is 11.6 Å². The van der Waals surface area contributed by atoms with Crippen LogP contribution in [-0.2, 0) is 24.0 Å². The standard InChI is InChI=1S/C21H30O6/c1-12-15-7-3-5-13-9-10-20(2)25-19(21(13,15)27-26-20)24-18(12)11-17(23)14-6-4-8-16(14)22/h6,12-13,15,17-19,23H,3-5,7-11H2,1-2H3/t12-,13-,15+,17-,18-,19-,20+,21-/m1/s1. The second kappa shape index (κ2) is 6.36. The van der Waals surface area contributed by atoms with E-state index in [-0.39, 0.29) is 23.7 Å². The molecule has 6 aliphatic rings. The second-order valence-corrected chi connectivity index (χ2v) is 9.28. The zero-order valence-corrected chi connectivity index (χ0v) is 16.2. The van der Waals surface area contributed by atoms with Gasteiger partial charge in [0.05, 0.1) is 12.2 Å². The maximum Gasteiger partial charge on any atom is 0.201 e. The van der Waals surface area contributed by atoms with E-state index >= 15 is 0 Å². The highest BCUT2D eigenvalue weighted by Crippen LogP contribution is 2.59. The van der Waals surface area contributed by atoms with Crippen LogP contribution in [0.1, 0.15) is 65.2 Å². The molecule has 8 atom stereocenters. The molecule has 5 fully saturated rings. The molecule has 0 radical (unpaired) electrons. The Bertz CT molecular complexity index is 661. The summed E-state index contributed by atoms with van der Waals surface area (Å²) in [6, 6.07) is 0. The van der Waals surface area contributed by atoms with E-state index in [1.54, 1.807) is 0 Å². The molecule has 0 aromatic carbocycles. The molecule has 0 unspecified atom stereocenters. The predicted molar refractivity (Wildman–Crippen MR) is 95.2 cm³/mol. The summed E-state index contributed by atoms with van der Waals surface area (Å²) in [5.41, 5.74) is 0.0138. The van der Waals surface area contributed by atoms with Gasteiger partial charge in [0.25, 0.3) is 0 Å². The molecule has 6 rings (SSSR count). The quantitative estimate of drug-likeness (QED) is 0.761. The minimum Gasteiger partial charge on any atom is -0.388 e. The van der Waals surface area contributed by atoms with Gasteiger partial charge in [0.15, 0.2) is 17.7 Å². The summed E-state index contributed by atoms with van der Waals surface area (Å²) in [5.74, 6) is 0.131. The van der Waals surface area contributed by atoms with Crippen molar-refractivity contribution >= 4 is 5.78 Å². The summed E-state index contributed by atoms with van der Waals surface area (Å²) in [6.45, 7) is 4.10. The van der Waals surface area contributed by atoms with E-state index in [0.29, 0.717) is 24.3 Å². The Labute approximate surface area is 160 Å². The lowest BCUT2D eigenvalue weighted by Gasteiger charge is -2.59. The molecule has 150 valence electrons. The van der Waals surface area contributed by atoms with Crippen molar-refractivity contribution in [2.75, 3.05) is 0 Å². The first-order valence-corrected chi connectivity index (χ1v) is 10.5. The van der Waals surface area contributed by atoms with Crippen LogP contribution in [0.5, 0.6) is 0 Å². The molecule has 2 aliphatic carbocycles. The highest BCUT2D eigenvalue weighted by Gasteiger charge is 2.68. The van der Waals surface area contributed by atoms with Crippen LogP contribution in [0.2, 0.25) is 0 Å². The second-order valence-electron chi connectivity index (χ2n) is 9.28. The third-order valence-corrected chi connectivity index (χ3v) is 7.71. The number of carbonyl (C=O) groups is 1. The number of hydrogen-bond acceptors (Lipinski definition) is 6. The van der Waals surface area contributed by atoms with Crippen molar-refractivity contribution in [3.63, 3.8) is 0 Å². The fourth-order valence-electron chi connectivity index (χ4n) is 6.19. The molecule has 0 aromatic heterocycles. The summed E-state index contributed by atoms with van der Waals surface area (Å²) in [6.07, 6.45) is 7.29. The highest BCUT2D eigenvalue weighted by molar-refractivity contribution is 5.98. The summed E-state index contributed by atoms with van der Waals surface area (Å²) in [7, 11) is 0. The molecule has 4 saturated heterocycles. The average molecular weight is 378 g/mol. The lowest BCUT2D eigenvalue weighted by Crippen LogP contribution is -2.69. The van der Waals surface area contributed by atoms with Gasteiger partial charge >= 0.3 is 0 Å². The summed E-state index contributed by atoms with van der Waals surface area (Å²) in [5, 5.41) is 10.7. The number of ketones is 1. The van der Waals surface area contributed by atoms with E-state index in [0.717, 1.165) is 32.1 Å². The van der Waals surface area contributed by atoms with Gasteiger partial charge in [-0.3, -0.25) is 4.79 Å². The smallest absolute Gasteiger partial charge is 0.201 e. The molecular formula is C21H30O6. The molecule has 6 heteroatoms. The van der Waals surface area contributed by atoms with Crippen LogP contribution in [0.25, 0.3) is 0 Å². The number of aliphatic hydroxyl groups is 1. The molecule has 1 spiro atoms. The van der Waals surface area contributed by atoms with Crippen molar-refractivity contribution in [3.05, 3.63) is 11.6 Å². The normalized spacial score (nSPS) is 50.1. The van der Waals surface area contributed by atoms with Gasteiger partial charge in [0.1, 0.15) is 0 Å². The number of hydrogen-bond donors (Lipinski definition) is 1. The van der Waals surface area contributed by atoms with Gasteiger partial charge in [-0.25, -0.2) is 9.78 Å². The van der Waals surface area contributed by atoms with Crippen LogP contribution in [0.3, 0.4) is 0 Å². The summed E-state index contributed by atoms with van der Waals surface area (Å²) in [4.78, 5) is 23.9. The first-order chi connectivity index (χ1) is 12.9. The van der Waals surface area contributed by atoms with Crippen LogP contribution in [0, 0.1) is 17.8 Å². The summed E-state index contributed by atoms with van der Waals surface area (Å²) >= 11 is 0. The maximum absolute atomic E-state index is 12.0. The molecule has 1 N–H and O–H groups in total. The lowest BCUT2D eigenvalue weighted by atomic mass is 9.60. The van der Waals surface area contributed by atoms with E-state index in [2.05, 4.69) is 6.92 Å². The van der Waals surface area contributed by atoms with Gasteiger partial charge in [0.2, 0.25) is 5.79 Å². The Morgan fingerprint density at radius 3 is 2.93 bits per heavy atom. The Morgan fingerprint density at radius 2 is 2.15 bits per heavy atom. The van der Waals surface area contributed by atoms with Gasteiger partial charge in [-0.1, -0.05) is 19.4 Å². The molecular weight excluding hydrogens is 348 g/mol. The molecule has 0 amide bonds. The monoisotopic (exact) mass is 378 g/mol. The van der Waals surface area contributed by atoms with Gasteiger partial charge in [0, 0.05) is 30.8 Å². The number of rotatable bonds is 3. The highest BCUT2D eigenvalue weighted by atomic mass is 17.3. The van der Waals surface area contributed by atoms with E-state index in [1.807, 2.05) is 13.0 Å². The first-order valence-electron chi connectivity index (χ1n) is 10.5. The molecule has 2 bridgehead atoms. The Hall–Kier alpha value is -0.790. The van der Waals surface area contributed by atoms with Crippen LogP contribution in [0.4, 0.5) is 0 Å². The average Bonchev–Trinajstić information content (AvgIpc) is 2.96. The molecule has 4 aliphatic heterocycles. The SMILES string of the molecule is C[C@H]1[C@@H](C[C@@H](O)C2=CCCC2=O)O[C@@H]2O[C@]3(C)CC[C@H]4CCC[C@@H]1[C@]42OO3. The number of carbonyl (C=O) groups excluding carboxylic acids is 1. The maximum atomic E-state index is 12.0. The van der Waals surface area contributed by atoms with Gasteiger partial charge in [-0.15, -0.1) is 0 Å². The van der Waals surface area contributed by atoms with E-state index in [9.17, 15) is 9.90 Å². The van der Waals surface area contributed by atoms with E-state index in [1.165, 1.54) is 6.42 Å². The zero-order valence-electron chi connectivity index (χ0n) is 16.2. The zero-order chi connectivity index (χ0) is 18.8. The minimum absolute atomic E-state index is 0.0641. The lowest BCUT2D eigenvalue weighted by molar-refractivity contribution is -0.569. The first kappa shape index (κ1) is 18.3. The topological polar surface area (TPSA) is 74.2 Å². The van der Waals surface area contributed by atoms with Crippen molar-refractivity contribution in [2.45, 2.75) is 95.1 Å². The fourth-order valence-corrected chi connectivity index (χ4v) is 6.19. The molecule has 6 nitrogen and oxygen atoms in total. The predicted octanol–water partition coefficient (Wildman–Crippen LogP) is 3.03. The van der Waals surface area contributed by atoms with Crippen molar-refractivity contribution in [2.24, 2.45) is 17.8 Å². The van der Waals surface area contributed by atoms with E-state index in [4.69, 9.17) is 19.2 Å². The molecule has 27 heavy (non-hydrogen) atoms. The molecule has 4 heterocycles. The number of Topliss-reactive ketones (excluding diaryl/α,β-unsaturated/α-hetero) is 1.